The fourth-order valence-electron chi connectivity index (χ4n) is 1.47. The summed E-state index contributed by atoms with van der Waals surface area (Å²) in [6, 6.07) is 6.10. The van der Waals surface area contributed by atoms with E-state index < -0.39 is 12.7 Å². The van der Waals surface area contributed by atoms with Crippen molar-refractivity contribution in [2.75, 3.05) is 6.54 Å². The zero-order chi connectivity index (χ0) is 12.5. The van der Waals surface area contributed by atoms with Gasteiger partial charge in [-0.15, -0.1) is 11.3 Å². The maximum absolute atomic E-state index is 12.9. The van der Waals surface area contributed by atoms with Gasteiger partial charge in [0.15, 0.2) is 0 Å². The van der Waals surface area contributed by atoms with Crippen molar-refractivity contribution >= 4 is 21.4 Å². The molecule has 1 nitrogen and oxygen atoms in total. The molecule has 0 bridgehead atoms. The van der Waals surface area contributed by atoms with Crippen LogP contribution in [0.1, 0.15) is 4.88 Å². The van der Waals surface area contributed by atoms with Gasteiger partial charge in [-0.25, -0.2) is 4.39 Å². The number of benzene rings is 1. The summed E-state index contributed by atoms with van der Waals surface area (Å²) in [6.45, 7) is -0.879. The topological polar surface area (TPSA) is 12.0 Å². The highest BCUT2D eigenvalue weighted by atomic mass is 32.1. The molecule has 0 aliphatic carbocycles. The van der Waals surface area contributed by atoms with E-state index in [-0.39, 0.29) is 12.4 Å². The molecular weight excluding hydrogens is 254 g/mol. The first kappa shape index (κ1) is 12.3. The van der Waals surface area contributed by atoms with E-state index in [2.05, 4.69) is 5.32 Å². The van der Waals surface area contributed by atoms with E-state index in [1.807, 2.05) is 0 Å². The van der Waals surface area contributed by atoms with Crippen LogP contribution in [0.25, 0.3) is 10.1 Å². The fourth-order valence-corrected chi connectivity index (χ4v) is 2.53. The monoisotopic (exact) mass is 263 g/mol. The van der Waals surface area contributed by atoms with E-state index in [1.165, 1.54) is 23.5 Å². The number of halogens is 4. The molecule has 0 radical (unpaired) electrons. The molecule has 1 heterocycles. The molecule has 0 saturated heterocycles. The third-order valence-electron chi connectivity index (χ3n) is 2.16. The fraction of sp³-hybridized carbons (Fsp3) is 0.273. The molecule has 1 aromatic carbocycles. The minimum absolute atomic E-state index is 0.139. The summed E-state index contributed by atoms with van der Waals surface area (Å²) in [6.07, 6.45) is -4.21. The Morgan fingerprint density at radius 3 is 2.65 bits per heavy atom. The zero-order valence-electron chi connectivity index (χ0n) is 8.64. The van der Waals surface area contributed by atoms with Crippen LogP contribution in [0, 0.1) is 5.82 Å². The molecule has 0 fully saturated rings. The van der Waals surface area contributed by atoms with Crippen LogP contribution in [0.15, 0.2) is 24.3 Å². The number of rotatable bonds is 3. The summed E-state index contributed by atoms with van der Waals surface area (Å²) in [7, 11) is 0. The Labute approximate surface area is 99.1 Å². The van der Waals surface area contributed by atoms with Gasteiger partial charge in [-0.05, 0) is 23.6 Å². The molecule has 0 aliphatic rings. The molecule has 0 saturated carbocycles. The Kier molecular flexibility index (Phi) is 3.35. The molecule has 1 N–H and O–H groups in total. The average Bonchev–Trinajstić information content (AvgIpc) is 2.57. The van der Waals surface area contributed by atoms with Crippen LogP contribution in [0.2, 0.25) is 0 Å². The summed E-state index contributed by atoms with van der Waals surface area (Å²) in [5.74, 6) is -0.339. The van der Waals surface area contributed by atoms with Gasteiger partial charge in [0, 0.05) is 16.1 Å². The lowest BCUT2D eigenvalue weighted by Gasteiger charge is -2.06. The predicted molar refractivity (Wildman–Crippen MR) is 59.5 cm³/mol. The van der Waals surface area contributed by atoms with Crippen LogP contribution in [-0.4, -0.2) is 12.7 Å². The first-order chi connectivity index (χ1) is 7.94. The number of hydrogen-bond acceptors (Lipinski definition) is 2. The third-order valence-corrected chi connectivity index (χ3v) is 3.26. The minimum atomic E-state index is -4.21. The molecule has 2 aromatic rings. The van der Waals surface area contributed by atoms with Gasteiger partial charge in [0.2, 0.25) is 0 Å². The van der Waals surface area contributed by atoms with Gasteiger partial charge < -0.3 is 5.32 Å². The summed E-state index contributed by atoms with van der Waals surface area (Å²) in [5, 5.41) is 3.16. The molecule has 1 aromatic heterocycles. The first-order valence-electron chi connectivity index (χ1n) is 4.89. The van der Waals surface area contributed by atoms with E-state index in [1.54, 1.807) is 12.1 Å². The van der Waals surface area contributed by atoms with Crippen LogP contribution in [0.5, 0.6) is 0 Å². The second-order valence-corrected chi connectivity index (χ2v) is 4.78. The molecule has 2 rings (SSSR count). The van der Waals surface area contributed by atoms with Gasteiger partial charge in [-0.3, -0.25) is 0 Å². The number of hydrogen-bond donors (Lipinski definition) is 1. The highest BCUT2D eigenvalue weighted by Crippen LogP contribution is 2.26. The average molecular weight is 263 g/mol. The van der Waals surface area contributed by atoms with Crippen molar-refractivity contribution in [3.8, 4) is 0 Å². The van der Waals surface area contributed by atoms with Crippen LogP contribution in [0.4, 0.5) is 17.6 Å². The molecule has 17 heavy (non-hydrogen) atoms. The molecule has 92 valence electrons. The molecule has 0 atom stereocenters. The Morgan fingerprint density at radius 2 is 1.94 bits per heavy atom. The van der Waals surface area contributed by atoms with Gasteiger partial charge in [-0.1, -0.05) is 6.07 Å². The van der Waals surface area contributed by atoms with Crippen molar-refractivity contribution < 1.29 is 17.6 Å². The lowest BCUT2D eigenvalue weighted by atomic mass is 10.2. The lowest BCUT2D eigenvalue weighted by molar-refractivity contribution is -0.125. The smallest absolute Gasteiger partial charge is 0.304 e. The maximum atomic E-state index is 12.9. The molecule has 0 spiro atoms. The number of alkyl halides is 3. The SMILES string of the molecule is Fc1ccc2cc(CNCC(F)(F)F)sc2c1. The molecule has 6 heteroatoms. The second kappa shape index (κ2) is 4.62. The summed E-state index contributed by atoms with van der Waals surface area (Å²) in [5.41, 5.74) is 0. The van der Waals surface area contributed by atoms with E-state index in [4.69, 9.17) is 0 Å². The van der Waals surface area contributed by atoms with Crippen LogP contribution < -0.4 is 5.32 Å². The highest BCUT2D eigenvalue weighted by molar-refractivity contribution is 7.19. The molecule has 0 unspecified atom stereocenters. The number of thiophene rings is 1. The second-order valence-electron chi connectivity index (χ2n) is 3.61. The Balaban J connectivity index is 2.05. The van der Waals surface area contributed by atoms with Crippen LogP contribution >= 0.6 is 11.3 Å². The van der Waals surface area contributed by atoms with Crippen molar-refractivity contribution in [3.63, 3.8) is 0 Å². The van der Waals surface area contributed by atoms with E-state index >= 15 is 0 Å². The highest BCUT2D eigenvalue weighted by Gasteiger charge is 2.26. The molecular formula is C11H9F4NS. The number of nitrogens with one attached hydrogen (secondary N) is 1. The van der Waals surface area contributed by atoms with Crippen molar-refractivity contribution in [2.45, 2.75) is 12.7 Å². The van der Waals surface area contributed by atoms with Crippen molar-refractivity contribution in [1.82, 2.24) is 5.32 Å². The Bertz CT molecular complexity index is 518. The first-order valence-corrected chi connectivity index (χ1v) is 5.71. The third kappa shape index (κ3) is 3.41. The Hall–Kier alpha value is -1.14. The van der Waals surface area contributed by atoms with Gasteiger partial charge in [0.1, 0.15) is 5.82 Å². The van der Waals surface area contributed by atoms with Gasteiger partial charge in [-0.2, -0.15) is 13.2 Å². The standard InChI is InChI=1S/C11H9F4NS/c12-8-2-1-7-3-9(17-10(7)4-8)5-16-6-11(13,14)15/h1-4,16H,5-6H2. The van der Waals surface area contributed by atoms with Crippen LogP contribution in [0.3, 0.4) is 0 Å². The minimum Gasteiger partial charge on any atom is -0.304 e. The predicted octanol–water partition coefficient (Wildman–Crippen LogP) is 3.69. The van der Waals surface area contributed by atoms with E-state index in [9.17, 15) is 17.6 Å². The molecule has 0 aliphatic heterocycles. The number of fused-ring (bicyclic) bond motifs is 1. The molecule has 0 amide bonds. The van der Waals surface area contributed by atoms with Gasteiger partial charge in [0.05, 0.1) is 6.54 Å². The maximum Gasteiger partial charge on any atom is 0.401 e. The summed E-state index contributed by atoms with van der Waals surface area (Å²) in [4.78, 5) is 0.759. The van der Waals surface area contributed by atoms with Crippen molar-refractivity contribution in [1.29, 1.82) is 0 Å². The van der Waals surface area contributed by atoms with Crippen molar-refractivity contribution in [3.05, 3.63) is 35.0 Å². The largest absolute Gasteiger partial charge is 0.401 e. The van der Waals surface area contributed by atoms with Gasteiger partial charge >= 0.3 is 6.18 Å². The van der Waals surface area contributed by atoms with Gasteiger partial charge in [0.25, 0.3) is 0 Å². The van der Waals surface area contributed by atoms with Crippen molar-refractivity contribution in [2.24, 2.45) is 0 Å². The van der Waals surface area contributed by atoms with E-state index in [0.29, 0.717) is 0 Å². The Morgan fingerprint density at radius 1 is 1.18 bits per heavy atom. The quantitative estimate of drug-likeness (QED) is 0.833. The normalized spacial score (nSPS) is 12.2. The zero-order valence-corrected chi connectivity index (χ0v) is 9.46. The van der Waals surface area contributed by atoms with Crippen LogP contribution in [-0.2, 0) is 6.54 Å². The summed E-state index contributed by atoms with van der Waals surface area (Å²) >= 11 is 1.29. The van der Waals surface area contributed by atoms with E-state index in [0.717, 1.165) is 15.0 Å². The summed E-state index contributed by atoms with van der Waals surface area (Å²) < 4.78 is 49.4. The lowest BCUT2D eigenvalue weighted by Crippen LogP contribution is -2.27.